The van der Waals surface area contributed by atoms with E-state index in [9.17, 15) is 9.59 Å². The summed E-state index contributed by atoms with van der Waals surface area (Å²) in [6.07, 6.45) is 9.22. The van der Waals surface area contributed by atoms with Crippen molar-refractivity contribution in [2.45, 2.75) is 25.8 Å². The third-order valence-electron chi connectivity index (χ3n) is 6.09. The van der Waals surface area contributed by atoms with E-state index in [1.54, 1.807) is 29.2 Å². The van der Waals surface area contributed by atoms with Crippen LogP contribution in [0.4, 0.5) is 5.82 Å². The zero-order chi connectivity index (χ0) is 21.2. The van der Waals surface area contributed by atoms with E-state index in [1.807, 2.05) is 23.1 Å². The highest BCUT2D eigenvalue weighted by molar-refractivity contribution is 6.02. The van der Waals surface area contributed by atoms with Gasteiger partial charge in [-0.15, -0.1) is 0 Å². The highest BCUT2D eigenvalue weighted by Gasteiger charge is 2.29. The predicted molar refractivity (Wildman–Crippen MR) is 117 cm³/mol. The molecule has 0 aliphatic carbocycles. The average molecular weight is 416 g/mol. The zero-order valence-corrected chi connectivity index (χ0v) is 17.3. The van der Waals surface area contributed by atoms with E-state index in [1.165, 1.54) is 6.33 Å². The number of fused-ring (bicyclic) bond motifs is 1. The molecule has 0 bridgehead atoms. The number of piperazine rings is 1. The van der Waals surface area contributed by atoms with Gasteiger partial charge in [0.2, 0.25) is 0 Å². The van der Waals surface area contributed by atoms with Crippen LogP contribution in [-0.2, 0) is 13.0 Å². The van der Waals surface area contributed by atoms with Gasteiger partial charge in [-0.1, -0.05) is 6.07 Å². The molecule has 3 aromatic heterocycles. The fraction of sp³-hybridized carbons (Fsp3) is 0.348. The Balaban J connectivity index is 1.49. The van der Waals surface area contributed by atoms with Crippen molar-refractivity contribution in [1.29, 1.82) is 0 Å². The summed E-state index contributed by atoms with van der Waals surface area (Å²) in [5.41, 5.74) is 2.74. The van der Waals surface area contributed by atoms with Crippen LogP contribution >= 0.6 is 0 Å². The van der Waals surface area contributed by atoms with Gasteiger partial charge in [0.25, 0.3) is 11.5 Å². The second-order valence-corrected chi connectivity index (χ2v) is 7.92. The lowest BCUT2D eigenvalue weighted by molar-refractivity contribution is 0.0744. The number of anilines is 1. The summed E-state index contributed by atoms with van der Waals surface area (Å²) in [4.78, 5) is 43.3. The van der Waals surface area contributed by atoms with Crippen molar-refractivity contribution in [2.75, 3.05) is 31.1 Å². The number of hydrogen-bond donors (Lipinski definition) is 0. The minimum Gasteiger partial charge on any atom is -0.353 e. The number of carbonyl (C=O) groups excluding carboxylic acids is 1. The van der Waals surface area contributed by atoms with Crippen LogP contribution in [0.15, 0.2) is 54.0 Å². The lowest BCUT2D eigenvalue weighted by Crippen LogP contribution is -2.49. The number of carbonyl (C=O) groups is 1. The molecular formula is C23H24N6O2. The number of rotatable bonds is 3. The minimum absolute atomic E-state index is 0.0230. The molecule has 8 heteroatoms. The smallest absolute Gasteiger partial charge is 0.256 e. The normalized spacial score (nSPS) is 16.1. The van der Waals surface area contributed by atoms with Gasteiger partial charge in [0.05, 0.1) is 5.56 Å². The molecule has 0 aromatic carbocycles. The monoisotopic (exact) mass is 416 g/mol. The van der Waals surface area contributed by atoms with Gasteiger partial charge in [0, 0.05) is 74.2 Å². The Bertz CT molecular complexity index is 1140. The summed E-state index contributed by atoms with van der Waals surface area (Å²) in [7, 11) is 0. The molecule has 5 rings (SSSR count). The maximum absolute atomic E-state index is 13.8. The second kappa shape index (κ2) is 8.29. The fourth-order valence-corrected chi connectivity index (χ4v) is 4.51. The van der Waals surface area contributed by atoms with Gasteiger partial charge in [-0.25, -0.2) is 15.0 Å². The maximum Gasteiger partial charge on any atom is 0.256 e. The largest absolute Gasteiger partial charge is 0.353 e. The number of aromatic nitrogens is 4. The lowest BCUT2D eigenvalue weighted by atomic mass is 9.94. The molecule has 0 unspecified atom stereocenters. The van der Waals surface area contributed by atoms with Crippen molar-refractivity contribution in [3.05, 3.63) is 70.8 Å². The van der Waals surface area contributed by atoms with E-state index < -0.39 is 0 Å². The third-order valence-corrected chi connectivity index (χ3v) is 6.09. The Morgan fingerprint density at radius 3 is 2.52 bits per heavy atom. The molecule has 1 saturated heterocycles. The van der Waals surface area contributed by atoms with Gasteiger partial charge < -0.3 is 14.4 Å². The molecule has 3 aromatic rings. The fourth-order valence-electron chi connectivity index (χ4n) is 4.51. The van der Waals surface area contributed by atoms with Gasteiger partial charge in [-0.2, -0.15) is 0 Å². The first-order chi connectivity index (χ1) is 15.2. The van der Waals surface area contributed by atoms with Gasteiger partial charge in [0.15, 0.2) is 0 Å². The van der Waals surface area contributed by atoms with Gasteiger partial charge in [-0.3, -0.25) is 9.59 Å². The number of amides is 1. The maximum atomic E-state index is 13.8. The summed E-state index contributed by atoms with van der Waals surface area (Å²) < 4.78 is 1.77. The molecule has 0 saturated carbocycles. The van der Waals surface area contributed by atoms with Crippen LogP contribution in [0.5, 0.6) is 0 Å². The van der Waals surface area contributed by atoms with Crippen LogP contribution in [0, 0.1) is 0 Å². The van der Waals surface area contributed by atoms with Crippen LogP contribution in [0.3, 0.4) is 0 Å². The van der Waals surface area contributed by atoms with E-state index in [0.717, 1.165) is 43.9 Å². The van der Waals surface area contributed by atoms with Crippen LogP contribution < -0.4 is 10.5 Å². The Kier molecular flexibility index (Phi) is 5.19. The van der Waals surface area contributed by atoms with Gasteiger partial charge >= 0.3 is 0 Å². The molecule has 31 heavy (non-hydrogen) atoms. The minimum atomic E-state index is -0.0647. The lowest BCUT2D eigenvalue weighted by Gasteiger charge is -2.36. The molecule has 5 heterocycles. The summed E-state index contributed by atoms with van der Waals surface area (Å²) in [5.74, 6) is 0.908. The summed E-state index contributed by atoms with van der Waals surface area (Å²) in [6, 6.07) is 7.44. The Labute approximate surface area is 180 Å². The topological polar surface area (TPSA) is 84.2 Å². The van der Waals surface area contributed by atoms with E-state index in [0.29, 0.717) is 36.3 Å². The molecule has 0 N–H and O–H groups in total. The Morgan fingerprint density at radius 1 is 0.968 bits per heavy atom. The number of hydrogen-bond acceptors (Lipinski definition) is 6. The van der Waals surface area contributed by atoms with Crippen LogP contribution in [-0.4, -0.2) is 56.5 Å². The first kappa shape index (κ1) is 19.4. The molecular weight excluding hydrogens is 392 g/mol. The molecule has 2 aliphatic heterocycles. The van der Waals surface area contributed by atoms with Crippen molar-refractivity contribution in [2.24, 2.45) is 0 Å². The first-order valence-corrected chi connectivity index (χ1v) is 10.7. The number of pyridine rings is 2. The van der Waals surface area contributed by atoms with Gasteiger partial charge in [-0.05, 0) is 31.4 Å². The Morgan fingerprint density at radius 2 is 1.77 bits per heavy atom. The van der Waals surface area contributed by atoms with Crippen LogP contribution in [0.1, 0.15) is 28.9 Å². The van der Waals surface area contributed by atoms with Crippen molar-refractivity contribution < 1.29 is 4.79 Å². The second-order valence-electron chi connectivity index (χ2n) is 7.92. The quantitative estimate of drug-likeness (QED) is 0.649. The van der Waals surface area contributed by atoms with Crippen LogP contribution in [0.2, 0.25) is 0 Å². The molecule has 8 nitrogen and oxygen atoms in total. The van der Waals surface area contributed by atoms with E-state index in [4.69, 9.17) is 0 Å². The van der Waals surface area contributed by atoms with Gasteiger partial charge in [0.1, 0.15) is 12.1 Å². The van der Waals surface area contributed by atoms with E-state index in [2.05, 4.69) is 19.9 Å². The molecule has 0 spiro atoms. The highest BCUT2D eigenvalue weighted by atomic mass is 16.2. The summed E-state index contributed by atoms with van der Waals surface area (Å²) >= 11 is 0. The molecule has 2 aliphatic rings. The highest BCUT2D eigenvalue weighted by Crippen LogP contribution is 2.29. The summed E-state index contributed by atoms with van der Waals surface area (Å²) in [6.45, 7) is 3.33. The van der Waals surface area contributed by atoms with Crippen molar-refractivity contribution in [3.63, 3.8) is 0 Å². The molecule has 158 valence electrons. The van der Waals surface area contributed by atoms with Crippen LogP contribution in [0.25, 0.3) is 11.1 Å². The molecule has 0 atom stereocenters. The molecule has 0 radical (unpaired) electrons. The van der Waals surface area contributed by atoms with E-state index >= 15 is 0 Å². The van der Waals surface area contributed by atoms with Crippen molar-refractivity contribution in [3.8, 4) is 11.1 Å². The zero-order valence-electron chi connectivity index (χ0n) is 17.3. The SMILES string of the molecule is O=C(c1c(-c2cncnc2)cc(=O)n2c1CCCC2)N1CCN(c2ccccn2)CC1. The third kappa shape index (κ3) is 3.69. The predicted octanol–water partition coefficient (Wildman–Crippen LogP) is 2.00. The standard InChI is InChI=1S/C23H24N6O2/c30-21-13-18(17-14-24-16-25-15-17)22(19-5-2-4-8-29(19)21)23(31)28-11-9-27(10-12-28)20-6-1-3-7-26-20/h1,3,6-7,13-16H,2,4-5,8-12H2. The Hall–Kier alpha value is -3.55. The number of nitrogens with zero attached hydrogens (tertiary/aromatic N) is 6. The average Bonchev–Trinajstić information content (AvgIpc) is 2.85. The molecule has 1 fully saturated rings. The molecule has 1 amide bonds. The summed E-state index contributed by atoms with van der Waals surface area (Å²) in [5, 5.41) is 0. The van der Waals surface area contributed by atoms with E-state index in [-0.39, 0.29) is 11.5 Å². The van der Waals surface area contributed by atoms with Crippen molar-refractivity contribution in [1.82, 2.24) is 24.4 Å². The first-order valence-electron chi connectivity index (χ1n) is 10.7. The van der Waals surface area contributed by atoms with Crippen molar-refractivity contribution >= 4 is 11.7 Å².